The minimum absolute atomic E-state index is 0.0216. The zero-order valence-corrected chi connectivity index (χ0v) is 14.9. The summed E-state index contributed by atoms with van der Waals surface area (Å²) >= 11 is 1.47. The quantitative estimate of drug-likeness (QED) is 0.690. The third-order valence-corrected chi connectivity index (χ3v) is 5.01. The summed E-state index contributed by atoms with van der Waals surface area (Å²) in [7, 11) is 0. The number of hydrogen-bond acceptors (Lipinski definition) is 3. The number of hydrogen-bond donors (Lipinski definition) is 1. The Morgan fingerprint density at radius 1 is 1.04 bits per heavy atom. The molecule has 1 amide bonds. The molecule has 24 heavy (non-hydrogen) atoms. The summed E-state index contributed by atoms with van der Waals surface area (Å²) in [5, 5.41) is 4.96. The molecule has 1 N–H and O–H groups in total. The molecule has 0 spiro atoms. The Bertz CT molecular complexity index is 891. The number of rotatable bonds is 4. The van der Waals surface area contributed by atoms with Gasteiger partial charge in [0.05, 0.1) is 16.3 Å². The summed E-state index contributed by atoms with van der Waals surface area (Å²) in [5.41, 5.74) is 5.47. The number of aryl methyl sites for hydroxylation is 3. The minimum atomic E-state index is -0.0216. The number of anilines is 1. The fourth-order valence-electron chi connectivity index (χ4n) is 2.60. The lowest BCUT2D eigenvalue weighted by Crippen LogP contribution is -2.14. The summed E-state index contributed by atoms with van der Waals surface area (Å²) in [4.78, 5) is 16.9. The summed E-state index contributed by atoms with van der Waals surface area (Å²) in [6, 6.07) is 15.8. The van der Waals surface area contributed by atoms with Crippen LogP contribution in [0.1, 0.15) is 16.7 Å². The zero-order valence-electron chi connectivity index (χ0n) is 14.1. The molecular weight excluding hydrogens is 316 g/mol. The minimum Gasteiger partial charge on any atom is -0.325 e. The van der Waals surface area contributed by atoms with Gasteiger partial charge in [-0.1, -0.05) is 42.1 Å². The van der Waals surface area contributed by atoms with E-state index in [9.17, 15) is 4.79 Å². The average Bonchev–Trinajstić information content (AvgIpc) is 2.57. The topological polar surface area (TPSA) is 42.0 Å². The number of aromatic nitrogens is 1. The van der Waals surface area contributed by atoms with Crippen LogP contribution >= 0.6 is 11.8 Å². The summed E-state index contributed by atoms with van der Waals surface area (Å²) in [6.45, 7) is 6.28. The molecule has 0 aliphatic carbocycles. The van der Waals surface area contributed by atoms with Gasteiger partial charge in [0.1, 0.15) is 0 Å². The van der Waals surface area contributed by atoms with Crippen LogP contribution in [0.15, 0.2) is 53.6 Å². The predicted octanol–water partition coefficient (Wildman–Crippen LogP) is 4.89. The van der Waals surface area contributed by atoms with Gasteiger partial charge in [-0.3, -0.25) is 4.79 Å². The van der Waals surface area contributed by atoms with Gasteiger partial charge in [-0.2, -0.15) is 0 Å². The maximum atomic E-state index is 12.1. The van der Waals surface area contributed by atoms with Crippen molar-refractivity contribution in [1.29, 1.82) is 0 Å². The molecule has 0 unspecified atom stereocenters. The second-order valence-corrected chi connectivity index (χ2v) is 6.88. The van der Waals surface area contributed by atoms with Crippen molar-refractivity contribution in [1.82, 2.24) is 4.98 Å². The zero-order chi connectivity index (χ0) is 17.1. The number of amides is 1. The van der Waals surface area contributed by atoms with Crippen LogP contribution in [0.5, 0.6) is 0 Å². The molecule has 3 nitrogen and oxygen atoms in total. The first kappa shape index (κ1) is 16.5. The van der Waals surface area contributed by atoms with Crippen LogP contribution in [0.3, 0.4) is 0 Å². The van der Waals surface area contributed by atoms with E-state index in [0.29, 0.717) is 5.75 Å². The van der Waals surface area contributed by atoms with Crippen molar-refractivity contribution < 1.29 is 4.79 Å². The Balaban J connectivity index is 1.76. The van der Waals surface area contributed by atoms with E-state index in [4.69, 9.17) is 4.98 Å². The highest BCUT2D eigenvalue weighted by Crippen LogP contribution is 2.27. The van der Waals surface area contributed by atoms with Crippen LogP contribution in [0.2, 0.25) is 0 Å². The second kappa shape index (κ2) is 7.05. The smallest absolute Gasteiger partial charge is 0.234 e. The number of thioether (sulfide) groups is 1. The summed E-state index contributed by atoms with van der Waals surface area (Å²) < 4.78 is 0. The van der Waals surface area contributed by atoms with E-state index in [1.807, 2.05) is 30.3 Å². The van der Waals surface area contributed by atoms with Gasteiger partial charge in [-0.25, -0.2) is 4.98 Å². The van der Waals surface area contributed by atoms with Gasteiger partial charge in [0.2, 0.25) is 5.91 Å². The molecule has 3 rings (SSSR count). The molecule has 1 heterocycles. The average molecular weight is 336 g/mol. The molecule has 0 aliphatic rings. The highest BCUT2D eigenvalue weighted by molar-refractivity contribution is 7.99. The maximum Gasteiger partial charge on any atom is 0.234 e. The molecule has 2 aromatic carbocycles. The largest absolute Gasteiger partial charge is 0.325 e. The van der Waals surface area contributed by atoms with Gasteiger partial charge in [0.25, 0.3) is 0 Å². The number of nitrogens with one attached hydrogen (secondary N) is 1. The van der Waals surface area contributed by atoms with Crippen LogP contribution in [0.4, 0.5) is 5.69 Å². The number of carbonyl (C=O) groups is 1. The molecule has 1 aromatic heterocycles. The second-order valence-electron chi connectivity index (χ2n) is 5.88. The Morgan fingerprint density at radius 3 is 2.54 bits per heavy atom. The normalized spacial score (nSPS) is 10.8. The van der Waals surface area contributed by atoms with Gasteiger partial charge >= 0.3 is 0 Å². The van der Waals surface area contributed by atoms with Gasteiger partial charge < -0.3 is 5.32 Å². The molecule has 0 aliphatic heterocycles. The summed E-state index contributed by atoms with van der Waals surface area (Å²) in [6.07, 6.45) is 0. The summed E-state index contributed by atoms with van der Waals surface area (Å²) in [5.74, 6) is 0.323. The Morgan fingerprint density at radius 2 is 1.79 bits per heavy atom. The Labute approximate surface area is 146 Å². The predicted molar refractivity (Wildman–Crippen MR) is 102 cm³/mol. The molecule has 0 fully saturated rings. The van der Waals surface area contributed by atoms with Gasteiger partial charge in [-0.05, 0) is 55.7 Å². The van der Waals surface area contributed by atoms with Crippen LogP contribution in [0.25, 0.3) is 10.9 Å². The first-order valence-corrected chi connectivity index (χ1v) is 8.88. The van der Waals surface area contributed by atoms with Crippen molar-refractivity contribution in [3.63, 3.8) is 0 Å². The van der Waals surface area contributed by atoms with Crippen LogP contribution < -0.4 is 5.32 Å². The lowest BCUT2D eigenvalue weighted by atomic mass is 10.0. The van der Waals surface area contributed by atoms with Crippen molar-refractivity contribution >= 4 is 34.3 Å². The van der Waals surface area contributed by atoms with Crippen molar-refractivity contribution in [3.8, 4) is 0 Å². The van der Waals surface area contributed by atoms with Gasteiger partial charge in [0.15, 0.2) is 0 Å². The molecule has 0 radical (unpaired) electrons. The third-order valence-electron chi connectivity index (χ3n) is 4.10. The van der Waals surface area contributed by atoms with E-state index in [1.54, 1.807) is 0 Å². The van der Waals surface area contributed by atoms with Crippen molar-refractivity contribution in [2.45, 2.75) is 25.8 Å². The van der Waals surface area contributed by atoms with E-state index in [2.05, 4.69) is 44.3 Å². The van der Waals surface area contributed by atoms with E-state index in [1.165, 1.54) is 33.8 Å². The van der Waals surface area contributed by atoms with Gasteiger partial charge in [-0.15, -0.1) is 0 Å². The Kier molecular flexibility index (Phi) is 4.86. The lowest BCUT2D eigenvalue weighted by molar-refractivity contribution is -0.113. The molecule has 4 heteroatoms. The van der Waals surface area contributed by atoms with E-state index >= 15 is 0 Å². The SMILES string of the molecule is Cc1ccc2c(C)cc(SCC(=O)Nc3ccccc3)nc2c1C. The molecule has 0 saturated heterocycles. The maximum absolute atomic E-state index is 12.1. The van der Waals surface area contributed by atoms with Crippen molar-refractivity contribution in [3.05, 3.63) is 65.2 Å². The third kappa shape index (κ3) is 3.60. The number of carbonyl (C=O) groups excluding carboxylic acids is 1. The number of para-hydroxylation sites is 1. The standard InChI is InChI=1S/C20H20N2OS/c1-13-9-10-17-14(2)11-19(22-20(17)15(13)3)24-12-18(23)21-16-7-5-4-6-8-16/h4-11H,12H2,1-3H3,(H,21,23). The fourth-order valence-corrected chi connectivity index (χ4v) is 3.37. The first-order valence-electron chi connectivity index (χ1n) is 7.90. The van der Waals surface area contributed by atoms with Gasteiger partial charge in [0, 0.05) is 11.1 Å². The number of nitrogens with zero attached hydrogens (tertiary/aromatic N) is 1. The number of pyridine rings is 1. The monoisotopic (exact) mass is 336 g/mol. The highest BCUT2D eigenvalue weighted by atomic mass is 32.2. The fraction of sp³-hybridized carbons (Fsp3) is 0.200. The molecule has 3 aromatic rings. The molecule has 0 bridgehead atoms. The van der Waals surface area contributed by atoms with E-state index < -0.39 is 0 Å². The lowest BCUT2D eigenvalue weighted by Gasteiger charge is -2.10. The molecule has 0 saturated carbocycles. The molecular formula is C20H20N2OS. The number of fused-ring (bicyclic) bond motifs is 1. The Hall–Kier alpha value is -2.33. The number of benzene rings is 2. The molecule has 122 valence electrons. The van der Waals surface area contributed by atoms with Crippen LogP contribution in [-0.4, -0.2) is 16.6 Å². The van der Waals surface area contributed by atoms with E-state index in [-0.39, 0.29) is 5.91 Å². The van der Waals surface area contributed by atoms with Crippen LogP contribution in [-0.2, 0) is 4.79 Å². The molecule has 0 atom stereocenters. The van der Waals surface area contributed by atoms with E-state index in [0.717, 1.165) is 16.2 Å². The first-order chi connectivity index (χ1) is 11.5. The highest BCUT2D eigenvalue weighted by Gasteiger charge is 2.09. The van der Waals surface area contributed by atoms with Crippen LogP contribution in [0, 0.1) is 20.8 Å². The van der Waals surface area contributed by atoms with Crippen molar-refractivity contribution in [2.75, 3.05) is 11.1 Å². The van der Waals surface area contributed by atoms with Crippen molar-refractivity contribution in [2.24, 2.45) is 0 Å².